The number of amides is 2. The monoisotopic (exact) mass is 473 g/mol. The summed E-state index contributed by atoms with van der Waals surface area (Å²) in [5.41, 5.74) is 0.299. The second-order valence-electron chi connectivity index (χ2n) is 8.25. The molecular formula is C24H22F3N3O4. The van der Waals surface area contributed by atoms with Gasteiger partial charge >= 0.3 is 18.2 Å². The Kier molecular flexibility index (Phi) is 6.00. The van der Waals surface area contributed by atoms with Crippen molar-refractivity contribution in [3.63, 3.8) is 0 Å². The molecule has 2 fully saturated rings. The number of carbonyl (C=O) groups is 2. The smallest absolute Gasteiger partial charge is 0.417 e. The van der Waals surface area contributed by atoms with Crippen molar-refractivity contribution >= 4 is 23.4 Å². The number of carboxylic acids is 1. The van der Waals surface area contributed by atoms with Crippen LogP contribution in [0.2, 0.25) is 0 Å². The van der Waals surface area contributed by atoms with Crippen molar-refractivity contribution in [3.05, 3.63) is 58.1 Å². The topological polar surface area (TPSA) is 93.9 Å². The fourth-order valence-corrected chi connectivity index (χ4v) is 4.90. The van der Waals surface area contributed by atoms with Gasteiger partial charge in [0.15, 0.2) is 0 Å². The quantitative estimate of drug-likeness (QED) is 0.692. The highest BCUT2D eigenvalue weighted by molar-refractivity contribution is 6.08. The number of urea groups is 1. The number of benzene rings is 2. The Balaban J connectivity index is 1.84. The van der Waals surface area contributed by atoms with E-state index in [2.05, 4.69) is 0 Å². The van der Waals surface area contributed by atoms with Gasteiger partial charge in [0, 0.05) is 18.0 Å². The van der Waals surface area contributed by atoms with Crippen LogP contribution in [0.15, 0.2) is 30.3 Å². The van der Waals surface area contributed by atoms with Crippen LogP contribution in [0.5, 0.6) is 0 Å². The molecule has 2 aliphatic rings. The van der Waals surface area contributed by atoms with Crippen molar-refractivity contribution in [3.8, 4) is 6.07 Å². The van der Waals surface area contributed by atoms with E-state index in [0.29, 0.717) is 36.3 Å². The number of hydrogen-bond acceptors (Lipinski definition) is 4. The van der Waals surface area contributed by atoms with Gasteiger partial charge in [-0.25, -0.2) is 9.59 Å². The lowest BCUT2D eigenvalue weighted by Gasteiger charge is -2.32. The normalized spacial score (nSPS) is 20.3. The summed E-state index contributed by atoms with van der Waals surface area (Å²) in [4.78, 5) is 28.2. The lowest BCUT2D eigenvalue weighted by Crippen LogP contribution is -2.45. The van der Waals surface area contributed by atoms with E-state index in [1.54, 1.807) is 24.0 Å². The van der Waals surface area contributed by atoms with E-state index >= 15 is 0 Å². The molecule has 0 radical (unpaired) electrons. The summed E-state index contributed by atoms with van der Waals surface area (Å²) in [6, 6.07) is 6.38. The number of carbonyl (C=O) groups excluding carboxylic acids is 1. The van der Waals surface area contributed by atoms with Crippen LogP contribution in [0.25, 0.3) is 0 Å². The van der Waals surface area contributed by atoms with Crippen molar-refractivity contribution < 1.29 is 32.6 Å². The molecular weight excluding hydrogens is 451 g/mol. The number of fused-ring (bicyclic) bond motifs is 1. The summed E-state index contributed by atoms with van der Waals surface area (Å²) < 4.78 is 46.3. The lowest BCUT2D eigenvalue weighted by atomic mass is 9.96. The number of nitriles is 1. The minimum Gasteiger partial charge on any atom is -0.478 e. The maximum absolute atomic E-state index is 13.7. The van der Waals surface area contributed by atoms with Crippen LogP contribution >= 0.6 is 0 Å². The molecule has 2 atom stereocenters. The maximum Gasteiger partial charge on any atom is 0.417 e. The number of ether oxygens (including phenoxy) is 1. The highest BCUT2D eigenvalue weighted by Crippen LogP contribution is 2.41. The minimum absolute atomic E-state index is 0.0243. The number of halogens is 3. The van der Waals surface area contributed by atoms with Crippen LogP contribution in [0, 0.1) is 18.3 Å². The van der Waals surface area contributed by atoms with E-state index in [1.165, 1.54) is 17.0 Å². The average molecular weight is 473 g/mol. The molecule has 2 heterocycles. The molecule has 10 heteroatoms. The maximum atomic E-state index is 13.7. The van der Waals surface area contributed by atoms with Crippen LogP contribution in [0.1, 0.15) is 46.0 Å². The van der Waals surface area contributed by atoms with Gasteiger partial charge in [-0.2, -0.15) is 18.4 Å². The summed E-state index contributed by atoms with van der Waals surface area (Å²) >= 11 is 0. The first-order chi connectivity index (χ1) is 16.1. The number of hydrogen-bond donors (Lipinski definition) is 1. The molecule has 2 unspecified atom stereocenters. The molecule has 2 aromatic carbocycles. The van der Waals surface area contributed by atoms with E-state index in [1.807, 2.05) is 6.92 Å². The fraction of sp³-hybridized carbons (Fsp3) is 0.375. The predicted octanol–water partition coefficient (Wildman–Crippen LogP) is 4.75. The standard InChI is InChI=1S/C24H22F3N3O4/c1-3-16-13(2)17(22(31)32)6-7-19(16)30-20-8-9-34-12-21(20)29(23(30)33)15-5-4-14(11-28)18(10-15)24(25,26)27/h4-7,10,20-21H,3,8-9,12H2,1-2H3,(H,31,32). The number of aromatic carboxylic acids is 1. The molecule has 7 nitrogen and oxygen atoms in total. The molecule has 178 valence electrons. The second-order valence-corrected chi connectivity index (χ2v) is 8.25. The van der Waals surface area contributed by atoms with Gasteiger partial charge in [0.05, 0.1) is 41.5 Å². The Bertz CT molecular complexity index is 1210. The molecule has 2 saturated heterocycles. The molecule has 0 saturated carbocycles. The first-order valence-corrected chi connectivity index (χ1v) is 10.8. The molecule has 2 aliphatic heterocycles. The Labute approximate surface area is 193 Å². The summed E-state index contributed by atoms with van der Waals surface area (Å²) in [6.07, 6.45) is -3.82. The molecule has 34 heavy (non-hydrogen) atoms. The molecule has 0 aromatic heterocycles. The van der Waals surface area contributed by atoms with Crippen LogP contribution in [-0.4, -0.2) is 42.4 Å². The zero-order chi connectivity index (χ0) is 24.8. The van der Waals surface area contributed by atoms with Crippen LogP contribution in [-0.2, 0) is 17.3 Å². The number of alkyl halides is 3. The van der Waals surface area contributed by atoms with E-state index in [9.17, 15) is 27.9 Å². The van der Waals surface area contributed by atoms with Crippen molar-refractivity contribution in [1.29, 1.82) is 5.26 Å². The number of rotatable bonds is 4. The number of carboxylic acid groups (broad SMARTS) is 1. The van der Waals surface area contributed by atoms with Crippen LogP contribution in [0.3, 0.4) is 0 Å². The molecule has 1 N–H and O–H groups in total. The highest BCUT2D eigenvalue weighted by Gasteiger charge is 2.49. The Morgan fingerprint density at radius 3 is 2.59 bits per heavy atom. The summed E-state index contributed by atoms with van der Waals surface area (Å²) in [6.45, 7) is 4.06. The fourth-order valence-electron chi connectivity index (χ4n) is 4.90. The molecule has 2 amide bonds. The molecule has 0 spiro atoms. The Morgan fingerprint density at radius 2 is 1.97 bits per heavy atom. The highest BCUT2D eigenvalue weighted by atomic mass is 19.4. The Hall–Kier alpha value is -3.58. The summed E-state index contributed by atoms with van der Waals surface area (Å²) in [5, 5.41) is 18.6. The van der Waals surface area contributed by atoms with E-state index < -0.39 is 35.3 Å². The summed E-state index contributed by atoms with van der Waals surface area (Å²) in [5.74, 6) is -1.07. The van der Waals surface area contributed by atoms with Crippen molar-refractivity contribution in [2.75, 3.05) is 23.0 Å². The largest absolute Gasteiger partial charge is 0.478 e. The third-order valence-electron chi connectivity index (χ3n) is 6.49. The van der Waals surface area contributed by atoms with E-state index in [4.69, 9.17) is 10.00 Å². The van der Waals surface area contributed by atoms with Crippen molar-refractivity contribution in [2.24, 2.45) is 0 Å². The molecule has 2 aromatic rings. The van der Waals surface area contributed by atoms with Gasteiger partial charge in [0.1, 0.15) is 0 Å². The average Bonchev–Trinajstić information content (AvgIpc) is 3.09. The van der Waals surface area contributed by atoms with E-state index in [-0.39, 0.29) is 23.9 Å². The van der Waals surface area contributed by atoms with Crippen molar-refractivity contribution in [2.45, 2.75) is 44.9 Å². The first-order valence-electron chi connectivity index (χ1n) is 10.8. The second kappa shape index (κ2) is 8.65. The number of anilines is 2. The first kappa shape index (κ1) is 23.6. The van der Waals surface area contributed by atoms with Gasteiger partial charge < -0.3 is 9.84 Å². The SMILES string of the molecule is CCc1c(N2C(=O)N(c3ccc(C#N)c(C(F)(F)F)c3)C3COCCC32)ccc(C(=O)O)c1C. The van der Waals surface area contributed by atoms with Gasteiger partial charge in [-0.15, -0.1) is 0 Å². The molecule has 0 aliphatic carbocycles. The van der Waals surface area contributed by atoms with E-state index in [0.717, 1.165) is 12.1 Å². The molecule has 0 bridgehead atoms. The van der Waals surface area contributed by atoms with Gasteiger partial charge in [0.25, 0.3) is 0 Å². The van der Waals surface area contributed by atoms with Gasteiger partial charge in [-0.05, 0) is 61.2 Å². The molecule has 4 rings (SSSR count). The Morgan fingerprint density at radius 1 is 1.24 bits per heavy atom. The zero-order valence-corrected chi connectivity index (χ0v) is 18.5. The predicted molar refractivity (Wildman–Crippen MR) is 117 cm³/mol. The zero-order valence-electron chi connectivity index (χ0n) is 18.5. The summed E-state index contributed by atoms with van der Waals surface area (Å²) in [7, 11) is 0. The number of nitrogens with zero attached hydrogens (tertiary/aromatic N) is 3. The minimum atomic E-state index is -4.76. The van der Waals surface area contributed by atoms with Gasteiger partial charge in [-0.3, -0.25) is 9.80 Å². The third kappa shape index (κ3) is 3.76. The van der Waals surface area contributed by atoms with Gasteiger partial charge in [0.2, 0.25) is 0 Å². The van der Waals surface area contributed by atoms with Gasteiger partial charge in [-0.1, -0.05) is 6.92 Å². The lowest BCUT2D eigenvalue weighted by molar-refractivity contribution is -0.137. The third-order valence-corrected chi connectivity index (χ3v) is 6.49. The van der Waals surface area contributed by atoms with Crippen molar-refractivity contribution in [1.82, 2.24) is 0 Å². The van der Waals surface area contributed by atoms with Crippen LogP contribution in [0.4, 0.5) is 29.3 Å². The van der Waals surface area contributed by atoms with Crippen LogP contribution < -0.4 is 9.80 Å².